The fourth-order valence-corrected chi connectivity index (χ4v) is 2.46. The first-order valence-corrected chi connectivity index (χ1v) is 7.84. The van der Waals surface area contributed by atoms with Crippen LogP contribution >= 0.6 is 0 Å². The molecular weight excluding hydrogens is 268 g/mol. The second-order valence-corrected chi connectivity index (χ2v) is 5.33. The van der Waals surface area contributed by atoms with Crippen LogP contribution in [0.4, 0.5) is 4.79 Å². The van der Waals surface area contributed by atoms with Crippen LogP contribution in [-0.4, -0.2) is 16.4 Å². The van der Waals surface area contributed by atoms with Gasteiger partial charge in [-0.15, -0.1) is 0 Å². The number of carbonyl (C=O) groups is 1. The molecule has 1 rings (SSSR count). The molecule has 118 valence electrons. The smallest absolute Gasteiger partial charge is 0.504 e. The van der Waals surface area contributed by atoms with E-state index in [0.29, 0.717) is 0 Å². The van der Waals surface area contributed by atoms with Crippen LogP contribution in [0.3, 0.4) is 0 Å². The van der Waals surface area contributed by atoms with E-state index in [1.54, 1.807) is 6.07 Å². The van der Waals surface area contributed by atoms with Gasteiger partial charge in [0, 0.05) is 5.56 Å². The second kappa shape index (κ2) is 9.27. The molecule has 0 fully saturated rings. The van der Waals surface area contributed by atoms with Gasteiger partial charge in [-0.1, -0.05) is 45.6 Å². The third-order valence-electron chi connectivity index (χ3n) is 3.62. The summed E-state index contributed by atoms with van der Waals surface area (Å²) in [6.07, 6.45) is 6.85. The number of phenols is 1. The predicted molar refractivity (Wildman–Crippen MR) is 83.2 cm³/mol. The van der Waals surface area contributed by atoms with Crippen molar-refractivity contribution in [3.63, 3.8) is 0 Å². The number of aryl methyl sites for hydroxylation is 1. The molecule has 0 saturated heterocycles. The fraction of sp³-hybridized carbons (Fsp3) is 0.588. The number of phenolic OH excluding ortho intramolecular Hbond substituents is 1. The lowest BCUT2D eigenvalue weighted by atomic mass is 9.96. The Balaban J connectivity index is 2.94. The average Bonchev–Trinajstić information content (AvgIpc) is 2.44. The number of benzene rings is 1. The van der Waals surface area contributed by atoms with Crippen LogP contribution in [0.25, 0.3) is 0 Å². The van der Waals surface area contributed by atoms with E-state index < -0.39 is 6.16 Å². The summed E-state index contributed by atoms with van der Waals surface area (Å²) >= 11 is 0. The Labute approximate surface area is 126 Å². The Hall–Kier alpha value is -1.71. The van der Waals surface area contributed by atoms with E-state index in [1.165, 1.54) is 0 Å². The Morgan fingerprint density at radius 2 is 1.67 bits per heavy atom. The van der Waals surface area contributed by atoms with E-state index in [0.717, 1.165) is 62.5 Å². The van der Waals surface area contributed by atoms with Crippen LogP contribution in [0.5, 0.6) is 11.5 Å². The SMILES string of the molecule is CCCCCc1ccc(OC(=O)O)c(O)c1CCCCC. The van der Waals surface area contributed by atoms with Crippen molar-refractivity contribution in [2.45, 2.75) is 65.2 Å². The molecule has 0 atom stereocenters. The second-order valence-electron chi connectivity index (χ2n) is 5.33. The summed E-state index contributed by atoms with van der Waals surface area (Å²) in [4.78, 5) is 10.7. The van der Waals surface area contributed by atoms with Gasteiger partial charge in [0.25, 0.3) is 0 Å². The van der Waals surface area contributed by atoms with Gasteiger partial charge >= 0.3 is 6.16 Å². The minimum absolute atomic E-state index is 0.0116. The summed E-state index contributed by atoms with van der Waals surface area (Å²) in [5.41, 5.74) is 1.95. The largest absolute Gasteiger partial charge is 0.511 e. The highest BCUT2D eigenvalue weighted by Gasteiger charge is 2.15. The number of unbranched alkanes of at least 4 members (excludes halogenated alkanes) is 4. The molecule has 0 bridgehead atoms. The molecular formula is C17H26O4. The first-order valence-electron chi connectivity index (χ1n) is 7.84. The van der Waals surface area contributed by atoms with Crippen LogP contribution in [0, 0.1) is 0 Å². The number of hydrogen-bond donors (Lipinski definition) is 2. The van der Waals surface area contributed by atoms with Gasteiger partial charge in [-0.25, -0.2) is 4.79 Å². The molecule has 0 radical (unpaired) electrons. The van der Waals surface area contributed by atoms with Crippen LogP contribution in [-0.2, 0) is 12.8 Å². The van der Waals surface area contributed by atoms with Crippen molar-refractivity contribution in [3.05, 3.63) is 23.3 Å². The monoisotopic (exact) mass is 294 g/mol. The van der Waals surface area contributed by atoms with Gasteiger partial charge in [0.15, 0.2) is 11.5 Å². The van der Waals surface area contributed by atoms with Crippen LogP contribution in [0.2, 0.25) is 0 Å². The van der Waals surface area contributed by atoms with Gasteiger partial charge in [0.05, 0.1) is 0 Å². The minimum Gasteiger partial charge on any atom is -0.504 e. The Morgan fingerprint density at radius 3 is 2.24 bits per heavy atom. The number of rotatable bonds is 9. The summed E-state index contributed by atoms with van der Waals surface area (Å²) in [6.45, 7) is 4.29. The number of aromatic hydroxyl groups is 1. The van der Waals surface area contributed by atoms with E-state index in [-0.39, 0.29) is 11.5 Å². The summed E-state index contributed by atoms with van der Waals surface area (Å²) in [7, 11) is 0. The van der Waals surface area contributed by atoms with Crippen LogP contribution in [0.1, 0.15) is 63.5 Å². The summed E-state index contributed by atoms with van der Waals surface area (Å²) in [5, 5.41) is 19.0. The highest BCUT2D eigenvalue weighted by atomic mass is 16.7. The molecule has 0 saturated carbocycles. The van der Waals surface area contributed by atoms with Crippen molar-refractivity contribution in [2.24, 2.45) is 0 Å². The lowest BCUT2D eigenvalue weighted by Crippen LogP contribution is -2.05. The first kappa shape index (κ1) is 17.3. The first-order chi connectivity index (χ1) is 10.1. The Bertz CT molecular complexity index is 454. The molecule has 4 nitrogen and oxygen atoms in total. The maximum absolute atomic E-state index is 10.7. The maximum atomic E-state index is 10.7. The number of carboxylic acid groups (broad SMARTS) is 1. The average molecular weight is 294 g/mol. The molecule has 0 amide bonds. The molecule has 4 heteroatoms. The van der Waals surface area contributed by atoms with Crippen molar-refractivity contribution in [3.8, 4) is 11.5 Å². The molecule has 0 heterocycles. The zero-order chi connectivity index (χ0) is 15.7. The molecule has 0 unspecified atom stereocenters. The number of ether oxygens (including phenoxy) is 1. The zero-order valence-electron chi connectivity index (χ0n) is 13.0. The van der Waals surface area contributed by atoms with Crippen LogP contribution < -0.4 is 4.74 Å². The van der Waals surface area contributed by atoms with Crippen molar-refractivity contribution in [2.75, 3.05) is 0 Å². The Kier molecular flexibility index (Phi) is 7.65. The molecule has 0 spiro atoms. The Morgan fingerprint density at radius 1 is 1.05 bits per heavy atom. The lowest BCUT2D eigenvalue weighted by molar-refractivity contribution is 0.142. The lowest BCUT2D eigenvalue weighted by Gasteiger charge is -2.14. The van der Waals surface area contributed by atoms with Gasteiger partial charge in [-0.2, -0.15) is 0 Å². The van der Waals surface area contributed by atoms with Gasteiger partial charge in [0.1, 0.15) is 0 Å². The van der Waals surface area contributed by atoms with Crippen LogP contribution in [0.15, 0.2) is 12.1 Å². The van der Waals surface area contributed by atoms with E-state index in [9.17, 15) is 9.90 Å². The molecule has 0 aliphatic heterocycles. The summed E-state index contributed by atoms with van der Waals surface area (Å²) in [5.74, 6) is 0.0238. The summed E-state index contributed by atoms with van der Waals surface area (Å²) in [6, 6.07) is 3.43. The highest BCUT2D eigenvalue weighted by molar-refractivity contribution is 5.64. The van der Waals surface area contributed by atoms with E-state index >= 15 is 0 Å². The van der Waals surface area contributed by atoms with Crippen molar-refractivity contribution in [1.29, 1.82) is 0 Å². The molecule has 2 N–H and O–H groups in total. The molecule has 0 aromatic heterocycles. The number of hydrogen-bond acceptors (Lipinski definition) is 3. The normalized spacial score (nSPS) is 10.6. The van der Waals surface area contributed by atoms with E-state index in [1.807, 2.05) is 6.07 Å². The van der Waals surface area contributed by atoms with E-state index in [2.05, 4.69) is 18.6 Å². The van der Waals surface area contributed by atoms with Gasteiger partial charge in [-0.3, -0.25) is 0 Å². The molecule has 0 aliphatic rings. The third-order valence-corrected chi connectivity index (χ3v) is 3.62. The molecule has 0 aliphatic carbocycles. The quantitative estimate of drug-likeness (QED) is 0.385. The minimum atomic E-state index is -1.40. The van der Waals surface area contributed by atoms with E-state index in [4.69, 9.17) is 5.11 Å². The predicted octanol–water partition coefficient (Wildman–Crippen LogP) is 4.91. The van der Waals surface area contributed by atoms with Gasteiger partial charge in [0.2, 0.25) is 0 Å². The summed E-state index contributed by atoms with van der Waals surface area (Å²) < 4.78 is 4.64. The maximum Gasteiger partial charge on any atom is 0.511 e. The standard InChI is InChI=1S/C17H26O4/c1-3-5-7-9-13-11-12-15(21-17(19)20)16(18)14(13)10-8-6-4-2/h11-12,18H,3-10H2,1-2H3,(H,19,20). The molecule has 1 aromatic rings. The molecule has 21 heavy (non-hydrogen) atoms. The van der Waals surface area contributed by atoms with Gasteiger partial charge < -0.3 is 14.9 Å². The zero-order valence-corrected chi connectivity index (χ0v) is 13.0. The topological polar surface area (TPSA) is 66.8 Å². The van der Waals surface area contributed by atoms with Crippen molar-refractivity contribution >= 4 is 6.16 Å². The van der Waals surface area contributed by atoms with Crippen molar-refractivity contribution < 1.29 is 19.7 Å². The highest BCUT2D eigenvalue weighted by Crippen LogP contribution is 2.34. The molecule has 1 aromatic carbocycles. The third kappa shape index (κ3) is 5.66. The fourth-order valence-electron chi connectivity index (χ4n) is 2.46. The van der Waals surface area contributed by atoms with Crippen molar-refractivity contribution in [1.82, 2.24) is 0 Å². The van der Waals surface area contributed by atoms with Gasteiger partial charge in [-0.05, 0) is 37.3 Å².